The zero-order chi connectivity index (χ0) is 12.5. The summed E-state index contributed by atoms with van der Waals surface area (Å²) in [6, 6.07) is 6.35. The van der Waals surface area contributed by atoms with Crippen molar-refractivity contribution in [1.29, 1.82) is 0 Å². The molecule has 0 radical (unpaired) electrons. The Morgan fingerprint density at radius 1 is 1.29 bits per heavy atom. The third-order valence-electron chi connectivity index (χ3n) is 3.63. The summed E-state index contributed by atoms with van der Waals surface area (Å²) in [4.78, 5) is 0. The van der Waals surface area contributed by atoms with Crippen LogP contribution < -0.4 is 5.73 Å². The third-order valence-corrected chi connectivity index (χ3v) is 3.63. The molecule has 1 aromatic rings. The molecule has 1 aromatic carbocycles. The lowest BCUT2D eigenvalue weighted by molar-refractivity contribution is 0.0965. The molecular weight excluding hydrogens is 213 g/mol. The van der Waals surface area contributed by atoms with E-state index in [0.717, 1.165) is 18.4 Å². The molecule has 1 aliphatic carbocycles. The van der Waals surface area contributed by atoms with Gasteiger partial charge in [0.2, 0.25) is 0 Å². The van der Waals surface area contributed by atoms with Gasteiger partial charge in [0, 0.05) is 12.5 Å². The van der Waals surface area contributed by atoms with E-state index in [2.05, 4.69) is 32.0 Å². The molecule has 2 atom stereocenters. The maximum atomic E-state index is 14.7. The van der Waals surface area contributed by atoms with Gasteiger partial charge in [-0.1, -0.05) is 29.3 Å². The second kappa shape index (κ2) is 4.77. The first-order valence-electron chi connectivity index (χ1n) is 6.49. The quantitative estimate of drug-likeness (QED) is 0.834. The van der Waals surface area contributed by atoms with Crippen molar-refractivity contribution in [2.75, 3.05) is 0 Å². The Bertz CT molecular complexity index is 382. The van der Waals surface area contributed by atoms with Crippen molar-refractivity contribution in [3.05, 3.63) is 34.9 Å². The fraction of sp³-hybridized carbons (Fsp3) is 0.600. The first-order valence-corrected chi connectivity index (χ1v) is 6.49. The highest BCUT2D eigenvalue weighted by Crippen LogP contribution is 2.34. The molecule has 2 heteroatoms. The molecular formula is C15H22FN. The van der Waals surface area contributed by atoms with Gasteiger partial charge in [0.05, 0.1) is 0 Å². The molecule has 0 aliphatic heterocycles. The van der Waals surface area contributed by atoms with Gasteiger partial charge in [0.25, 0.3) is 0 Å². The second-order valence-electron chi connectivity index (χ2n) is 5.68. The van der Waals surface area contributed by atoms with Gasteiger partial charge in [-0.05, 0) is 45.1 Å². The van der Waals surface area contributed by atoms with Crippen molar-refractivity contribution in [2.45, 2.75) is 57.7 Å². The Kier molecular flexibility index (Phi) is 3.53. The van der Waals surface area contributed by atoms with E-state index in [0.29, 0.717) is 19.3 Å². The van der Waals surface area contributed by atoms with Crippen LogP contribution in [0.3, 0.4) is 0 Å². The SMILES string of the molecule is Cc1cc(C)cc(CC2(F)CCCC(N)C2)c1. The van der Waals surface area contributed by atoms with Crippen LogP contribution in [0.1, 0.15) is 42.4 Å². The van der Waals surface area contributed by atoms with Gasteiger partial charge >= 0.3 is 0 Å². The predicted molar refractivity (Wildman–Crippen MR) is 69.9 cm³/mol. The largest absolute Gasteiger partial charge is 0.328 e. The number of alkyl halides is 1. The van der Waals surface area contributed by atoms with Crippen molar-refractivity contribution in [2.24, 2.45) is 5.73 Å². The lowest BCUT2D eigenvalue weighted by Gasteiger charge is -2.33. The number of benzene rings is 1. The lowest BCUT2D eigenvalue weighted by atomic mass is 9.79. The van der Waals surface area contributed by atoms with Gasteiger partial charge in [-0.15, -0.1) is 0 Å². The number of nitrogens with two attached hydrogens (primary N) is 1. The standard InChI is InChI=1S/C15H22FN/c1-11-6-12(2)8-13(7-11)9-15(16)5-3-4-14(17)10-15/h6-8,14H,3-5,9-10,17H2,1-2H3. The number of hydrogen-bond donors (Lipinski definition) is 1. The molecule has 17 heavy (non-hydrogen) atoms. The van der Waals surface area contributed by atoms with Crippen LogP contribution in [-0.2, 0) is 6.42 Å². The fourth-order valence-electron chi connectivity index (χ4n) is 3.05. The summed E-state index contributed by atoms with van der Waals surface area (Å²) in [6.07, 6.45) is 3.58. The first kappa shape index (κ1) is 12.6. The highest BCUT2D eigenvalue weighted by Gasteiger charge is 2.35. The van der Waals surface area contributed by atoms with Crippen LogP contribution >= 0.6 is 0 Å². The van der Waals surface area contributed by atoms with Crippen LogP contribution in [0.15, 0.2) is 18.2 Å². The Balaban J connectivity index is 2.13. The van der Waals surface area contributed by atoms with Crippen LogP contribution in [0.2, 0.25) is 0 Å². The van der Waals surface area contributed by atoms with E-state index in [1.807, 2.05) is 0 Å². The molecule has 2 N–H and O–H groups in total. The molecule has 0 amide bonds. The van der Waals surface area contributed by atoms with Crippen molar-refractivity contribution >= 4 is 0 Å². The fourth-order valence-corrected chi connectivity index (χ4v) is 3.05. The van der Waals surface area contributed by atoms with E-state index in [-0.39, 0.29) is 6.04 Å². The Labute approximate surface area is 103 Å². The topological polar surface area (TPSA) is 26.0 Å². The van der Waals surface area contributed by atoms with Crippen molar-refractivity contribution in [1.82, 2.24) is 0 Å². The van der Waals surface area contributed by atoms with Gasteiger partial charge in [-0.3, -0.25) is 0 Å². The predicted octanol–water partition coefficient (Wildman–Crippen LogP) is 3.46. The monoisotopic (exact) mass is 235 g/mol. The average Bonchev–Trinajstić information content (AvgIpc) is 2.13. The summed E-state index contributed by atoms with van der Waals surface area (Å²) < 4.78 is 14.7. The van der Waals surface area contributed by atoms with Crippen molar-refractivity contribution in [3.63, 3.8) is 0 Å². The van der Waals surface area contributed by atoms with Crippen LogP contribution in [-0.4, -0.2) is 11.7 Å². The summed E-state index contributed by atoms with van der Waals surface area (Å²) in [5, 5.41) is 0. The highest BCUT2D eigenvalue weighted by molar-refractivity contribution is 5.29. The first-order chi connectivity index (χ1) is 7.97. The Morgan fingerprint density at radius 2 is 1.94 bits per heavy atom. The maximum absolute atomic E-state index is 14.7. The van der Waals surface area contributed by atoms with Crippen LogP contribution in [0.5, 0.6) is 0 Å². The molecule has 0 aromatic heterocycles. The van der Waals surface area contributed by atoms with E-state index in [9.17, 15) is 4.39 Å². The van der Waals surface area contributed by atoms with Crippen LogP contribution in [0.25, 0.3) is 0 Å². The third kappa shape index (κ3) is 3.29. The Morgan fingerprint density at radius 3 is 2.53 bits per heavy atom. The second-order valence-corrected chi connectivity index (χ2v) is 5.68. The zero-order valence-corrected chi connectivity index (χ0v) is 10.8. The van der Waals surface area contributed by atoms with Crippen LogP contribution in [0, 0.1) is 13.8 Å². The molecule has 0 heterocycles. The lowest BCUT2D eigenvalue weighted by Crippen LogP contribution is -2.39. The molecule has 94 valence electrons. The molecule has 2 rings (SSSR count). The highest BCUT2D eigenvalue weighted by atomic mass is 19.1. The van der Waals surface area contributed by atoms with E-state index < -0.39 is 5.67 Å². The minimum Gasteiger partial charge on any atom is -0.328 e. The number of halogens is 1. The summed E-state index contributed by atoms with van der Waals surface area (Å²) in [5.41, 5.74) is 8.33. The molecule has 1 aliphatic rings. The summed E-state index contributed by atoms with van der Waals surface area (Å²) >= 11 is 0. The van der Waals surface area contributed by atoms with E-state index in [1.54, 1.807) is 0 Å². The number of hydrogen-bond acceptors (Lipinski definition) is 1. The van der Waals surface area contributed by atoms with Gasteiger partial charge in [0.15, 0.2) is 0 Å². The molecule has 0 saturated heterocycles. The molecule has 2 unspecified atom stereocenters. The average molecular weight is 235 g/mol. The molecule has 0 bridgehead atoms. The number of aryl methyl sites for hydroxylation is 2. The molecule has 0 spiro atoms. The summed E-state index contributed by atoms with van der Waals surface area (Å²) in [6.45, 7) is 4.13. The summed E-state index contributed by atoms with van der Waals surface area (Å²) in [7, 11) is 0. The van der Waals surface area contributed by atoms with E-state index >= 15 is 0 Å². The minimum absolute atomic E-state index is 0.0413. The normalized spacial score (nSPS) is 29.3. The van der Waals surface area contributed by atoms with Gasteiger partial charge in [-0.2, -0.15) is 0 Å². The maximum Gasteiger partial charge on any atom is 0.116 e. The van der Waals surface area contributed by atoms with Gasteiger partial charge in [-0.25, -0.2) is 4.39 Å². The van der Waals surface area contributed by atoms with Crippen LogP contribution in [0.4, 0.5) is 4.39 Å². The van der Waals surface area contributed by atoms with Crippen molar-refractivity contribution < 1.29 is 4.39 Å². The number of rotatable bonds is 2. The summed E-state index contributed by atoms with van der Waals surface area (Å²) in [5.74, 6) is 0. The molecule has 1 saturated carbocycles. The van der Waals surface area contributed by atoms with Crippen molar-refractivity contribution in [3.8, 4) is 0 Å². The van der Waals surface area contributed by atoms with Gasteiger partial charge < -0.3 is 5.73 Å². The minimum atomic E-state index is -1.09. The van der Waals surface area contributed by atoms with Gasteiger partial charge in [0.1, 0.15) is 5.67 Å². The van der Waals surface area contributed by atoms with E-state index in [1.165, 1.54) is 11.1 Å². The van der Waals surface area contributed by atoms with E-state index in [4.69, 9.17) is 5.73 Å². The molecule has 1 nitrogen and oxygen atoms in total. The zero-order valence-electron chi connectivity index (χ0n) is 10.8. The Hall–Kier alpha value is -0.890. The molecule has 1 fully saturated rings. The smallest absolute Gasteiger partial charge is 0.116 e.